The molecule has 0 radical (unpaired) electrons. The van der Waals surface area contributed by atoms with E-state index in [4.69, 9.17) is 4.42 Å². The Kier molecular flexibility index (Phi) is 3.94. The van der Waals surface area contributed by atoms with Crippen molar-refractivity contribution < 1.29 is 9.21 Å². The molecule has 4 rings (SSSR count). The standard InChI is InChI=1S/C17H13N7O2/c1-11-5-4-8-19-14(11)12-9-26-17(21-12)22-16(25)15-23-20-10-24(15)13-6-2-3-7-18-13/h2-10H,1H3,(H,21,22,25). The Labute approximate surface area is 147 Å². The van der Waals surface area contributed by atoms with Crippen molar-refractivity contribution in [2.24, 2.45) is 0 Å². The van der Waals surface area contributed by atoms with Crippen molar-refractivity contribution in [3.8, 4) is 17.2 Å². The molecule has 0 aliphatic heterocycles. The first kappa shape index (κ1) is 15.6. The second-order valence-corrected chi connectivity index (χ2v) is 5.37. The van der Waals surface area contributed by atoms with Crippen molar-refractivity contribution in [1.29, 1.82) is 0 Å². The Balaban J connectivity index is 1.57. The van der Waals surface area contributed by atoms with E-state index < -0.39 is 5.91 Å². The van der Waals surface area contributed by atoms with Gasteiger partial charge in [0.15, 0.2) is 0 Å². The molecule has 0 unspecified atom stereocenters. The van der Waals surface area contributed by atoms with Crippen LogP contribution in [0.4, 0.5) is 6.01 Å². The van der Waals surface area contributed by atoms with Gasteiger partial charge in [-0.15, -0.1) is 10.2 Å². The summed E-state index contributed by atoms with van der Waals surface area (Å²) >= 11 is 0. The predicted octanol–water partition coefficient (Wildman–Crippen LogP) is 2.27. The molecule has 4 aromatic rings. The number of oxazole rings is 1. The molecule has 0 aliphatic rings. The molecule has 0 aliphatic carbocycles. The summed E-state index contributed by atoms with van der Waals surface area (Å²) in [7, 11) is 0. The van der Waals surface area contributed by atoms with Crippen molar-refractivity contribution in [3.05, 3.63) is 66.7 Å². The number of aromatic nitrogens is 6. The number of pyridine rings is 2. The van der Waals surface area contributed by atoms with Gasteiger partial charge in [-0.05, 0) is 30.7 Å². The Morgan fingerprint density at radius 2 is 2.04 bits per heavy atom. The molecule has 4 aromatic heterocycles. The summed E-state index contributed by atoms with van der Waals surface area (Å²) in [6.07, 6.45) is 6.14. The third kappa shape index (κ3) is 2.93. The van der Waals surface area contributed by atoms with E-state index in [-0.39, 0.29) is 11.8 Å². The Morgan fingerprint density at radius 3 is 2.85 bits per heavy atom. The van der Waals surface area contributed by atoms with Gasteiger partial charge in [-0.25, -0.2) is 4.98 Å². The summed E-state index contributed by atoms with van der Waals surface area (Å²) in [6, 6.07) is 9.14. The van der Waals surface area contributed by atoms with Gasteiger partial charge in [0.1, 0.15) is 24.1 Å². The average molecular weight is 347 g/mol. The van der Waals surface area contributed by atoms with E-state index in [2.05, 4.69) is 30.5 Å². The van der Waals surface area contributed by atoms with Crippen molar-refractivity contribution in [3.63, 3.8) is 0 Å². The lowest BCUT2D eigenvalue weighted by Gasteiger charge is -2.04. The van der Waals surface area contributed by atoms with Gasteiger partial charge in [-0.2, -0.15) is 4.98 Å². The minimum Gasteiger partial charge on any atom is -0.431 e. The Hall–Kier alpha value is -3.88. The number of nitrogens with zero attached hydrogens (tertiary/aromatic N) is 6. The average Bonchev–Trinajstić information content (AvgIpc) is 3.32. The topological polar surface area (TPSA) is 112 Å². The molecule has 9 nitrogen and oxygen atoms in total. The van der Waals surface area contributed by atoms with Crippen LogP contribution in [0.15, 0.2) is 59.7 Å². The highest BCUT2D eigenvalue weighted by molar-refractivity contribution is 6.00. The Bertz CT molecular complexity index is 1060. The first-order valence-corrected chi connectivity index (χ1v) is 7.72. The van der Waals surface area contributed by atoms with Crippen molar-refractivity contribution >= 4 is 11.9 Å². The van der Waals surface area contributed by atoms with E-state index in [0.717, 1.165) is 5.56 Å². The van der Waals surface area contributed by atoms with Gasteiger partial charge in [-0.1, -0.05) is 12.1 Å². The Morgan fingerprint density at radius 1 is 1.15 bits per heavy atom. The molecule has 0 saturated heterocycles. The lowest BCUT2D eigenvalue weighted by molar-refractivity contribution is 0.101. The SMILES string of the molecule is Cc1cccnc1-c1coc(NC(=O)c2nncn2-c2ccccn2)n1. The number of rotatable bonds is 4. The third-order valence-corrected chi connectivity index (χ3v) is 3.62. The van der Waals surface area contributed by atoms with Crippen molar-refractivity contribution in [1.82, 2.24) is 29.7 Å². The summed E-state index contributed by atoms with van der Waals surface area (Å²) in [5.74, 6) is 0.0802. The third-order valence-electron chi connectivity index (χ3n) is 3.62. The van der Waals surface area contributed by atoms with Crippen LogP contribution in [0.3, 0.4) is 0 Å². The first-order valence-electron chi connectivity index (χ1n) is 7.72. The zero-order chi connectivity index (χ0) is 17.9. The van der Waals surface area contributed by atoms with Crippen LogP contribution < -0.4 is 5.32 Å². The minimum atomic E-state index is -0.515. The molecule has 4 heterocycles. The van der Waals surface area contributed by atoms with E-state index in [9.17, 15) is 4.79 Å². The maximum absolute atomic E-state index is 12.5. The highest BCUT2D eigenvalue weighted by Crippen LogP contribution is 2.21. The van der Waals surface area contributed by atoms with Crippen LogP contribution >= 0.6 is 0 Å². The van der Waals surface area contributed by atoms with E-state index in [0.29, 0.717) is 17.2 Å². The van der Waals surface area contributed by atoms with Crippen molar-refractivity contribution in [2.75, 3.05) is 5.32 Å². The van der Waals surface area contributed by atoms with Gasteiger partial charge in [0.2, 0.25) is 5.82 Å². The van der Waals surface area contributed by atoms with Crippen LogP contribution in [-0.2, 0) is 0 Å². The van der Waals surface area contributed by atoms with Gasteiger partial charge >= 0.3 is 6.01 Å². The number of anilines is 1. The fraction of sp³-hybridized carbons (Fsp3) is 0.0588. The summed E-state index contributed by atoms with van der Waals surface area (Å²) in [5.41, 5.74) is 2.17. The molecule has 128 valence electrons. The van der Waals surface area contributed by atoms with Crippen LogP contribution in [-0.4, -0.2) is 35.6 Å². The fourth-order valence-corrected chi connectivity index (χ4v) is 2.40. The fourth-order valence-electron chi connectivity index (χ4n) is 2.40. The molecule has 26 heavy (non-hydrogen) atoms. The highest BCUT2D eigenvalue weighted by Gasteiger charge is 2.19. The van der Waals surface area contributed by atoms with Gasteiger partial charge in [0, 0.05) is 12.4 Å². The number of amides is 1. The van der Waals surface area contributed by atoms with Crippen LogP contribution in [0.5, 0.6) is 0 Å². The monoisotopic (exact) mass is 347 g/mol. The highest BCUT2D eigenvalue weighted by atomic mass is 16.4. The molecule has 0 atom stereocenters. The molecular formula is C17H13N7O2. The van der Waals surface area contributed by atoms with Crippen LogP contribution in [0.1, 0.15) is 16.2 Å². The number of hydrogen-bond acceptors (Lipinski definition) is 7. The second kappa shape index (κ2) is 6.55. The van der Waals surface area contributed by atoms with E-state index in [1.54, 1.807) is 30.6 Å². The molecule has 0 aromatic carbocycles. The molecule has 0 bridgehead atoms. The molecule has 0 saturated carbocycles. The normalized spacial score (nSPS) is 10.7. The van der Waals surface area contributed by atoms with Gasteiger partial charge in [-0.3, -0.25) is 19.7 Å². The number of aryl methyl sites for hydroxylation is 1. The zero-order valence-electron chi connectivity index (χ0n) is 13.7. The van der Waals surface area contributed by atoms with Crippen LogP contribution in [0, 0.1) is 6.92 Å². The summed E-state index contributed by atoms with van der Waals surface area (Å²) in [6.45, 7) is 1.92. The van der Waals surface area contributed by atoms with Gasteiger partial charge in [0.25, 0.3) is 5.91 Å². The molecule has 9 heteroatoms. The zero-order valence-corrected chi connectivity index (χ0v) is 13.7. The summed E-state index contributed by atoms with van der Waals surface area (Å²) in [5, 5.41) is 10.2. The minimum absolute atomic E-state index is 0.0469. The van der Waals surface area contributed by atoms with Crippen LogP contribution in [0.2, 0.25) is 0 Å². The van der Waals surface area contributed by atoms with Crippen LogP contribution in [0.25, 0.3) is 17.2 Å². The summed E-state index contributed by atoms with van der Waals surface area (Å²) < 4.78 is 6.81. The van der Waals surface area contributed by atoms with E-state index in [1.165, 1.54) is 17.2 Å². The van der Waals surface area contributed by atoms with E-state index >= 15 is 0 Å². The van der Waals surface area contributed by atoms with E-state index in [1.807, 2.05) is 19.1 Å². The quantitative estimate of drug-likeness (QED) is 0.602. The molecule has 1 amide bonds. The smallest absolute Gasteiger partial charge is 0.302 e. The predicted molar refractivity (Wildman–Crippen MR) is 91.6 cm³/mol. The lowest BCUT2D eigenvalue weighted by atomic mass is 10.2. The van der Waals surface area contributed by atoms with Gasteiger partial charge < -0.3 is 4.42 Å². The second-order valence-electron chi connectivity index (χ2n) is 5.37. The van der Waals surface area contributed by atoms with Gasteiger partial charge in [0.05, 0.1) is 5.69 Å². The number of nitrogens with one attached hydrogen (secondary N) is 1. The maximum Gasteiger partial charge on any atom is 0.302 e. The number of hydrogen-bond donors (Lipinski definition) is 1. The molecule has 0 fully saturated rings. The number of carbonyl (C=O) groups excluding carboxylic acids is 1. The number of carbonyl (C=O) groups is 1. The molecular weight excluding hydrogens is 334 g/mol. The largest absolute Gasteiger partial charge is 0.431 e. The lowest BCUT2D eigenvalue weighted by Crippen LogP contribution is -2.18. The molecule has 0 spiro atoms. The first-order chi connectivity index (χ1) is 12.7. The maximum atomic E-state index is 12.5. The summed E-state index contributed by atoms with van der Waals surface area (Å²) in [4.78, 5) is 25.2. The van der Waals surface area contributed by atoms with Crippen molar-refractivity contribution in [2.45, 2.75) is 6.92 Å². The molecule has 1 N–H and O–H groups in total.